The number of fused-ring (bicyclic) bond motifs is 2. The first-order chi connectivity index (χ1) is 11.2. The van der Waals surface area contributed by atoms with E-state index in [0.717, 1.165) is 11.1 Å². The van der Waals surface area contributed by atoms with Crippen LogP contribution in [0.1, 0.15) is 11.1 Å². The Morgan fingerprint density at radius 1 is 1.09 bits per heavy atom. The van der Waals surface area contributed by atoms with Crippen molar-refractivity contribution in [1.29, 1.82) is 5.26 Å². The molecule has 5 heteroatoms. The number of aromatic nitrogens is 3. The zero-order chi connectivity index (χ0) is 16.0. The molecule has 2 heterocycles. The van der Waals surface area contributed by atoms with E-state index in [1.807, 2.05) is 37.3 Å². The highest BCUT2D eigenvalue weighted by Crippen LogP contribution is 2.22. The number of nitrogens with zero attached hydrogens (tertiary/aromatic N) is 3. The van der Waals surface area contributed by atoms with Gasteiger partial charge in [0, 0.05) is 10.9 Å². The van der Waals surface area contributed by atoms with Crippen LogP contribution in [-0.2, 0) is 0 Å². The average molecular weight is 300 g/mol. The molecule has 0 aliphatic rings. The lowest BCUT2D eigenvalue weighted by molar-refractivity contribution is 0.934. The van der Waals surface area contributed by atoms with Crippen molar-refractivity contribution >= 4 is 16.4 Å². The maximum absolute atomic E-state index is 12.6. The van der Waals surface area contributed by atoms with Crippen LogP contribution in [0.2, 0.25) is 0 Å². The molecule has 0 amide bonds. The van der Waals surface area contributed by atoms with Crippen molar-refractivity contribution in [3.8, 4) is 17.5 Å². The molecule has 110 valence electrons. The van der Waals surface area contributed by atoms with Gasteiger partial charge in [0.1, 0.15) is 11.6 Å². The highest BCUT2D eigenvalue weighted by Gasteiger charge is 2.15. The predicted molar refractivity (Wildman–Crippen MR) is 88.2 cm³/mol. The molecule has 0 radical (unpaired) electrons. The van der Waals surface area contributed by atoms with Crippen LogP contribution in [0.15, 0.2) is 53.3 Å². The summed E-state index contributed by atoms with van der Waals surface area (Å²) in [5.74, 6) is 0.564. The molecular formula is C18H12N4O. The number of hydrogen-bond donors (Lipinski definition) is 1. The number of aromatic amines is 1. The van der Waals surface area contributed by atoms with Gasteiger partial charge in [-0.2, -0.15) is 9.78 Å². The zero-order valence-electron chi connectivity index (χ0n) is 12.4. The number of benzene rings is 2. The lowest BCUT2D eigenvalue weighted by Crippen LogP contribution is -2.15. The summed E-state index contributed by atoms with van der Waals surface area (Å²) in [7, 11) is 0. The summed E-state index contributed by atoms with van der Waals surface area (Å²) in [6.07, 6.45) is 0. The third kappa shape index (κ3) is 1.93. The number of hydrogen-bond acceptors (Lipinski definition) is 3. The van der Waals surface area contributed by atoms with Crippen molar-refractivity contribution in [2.75, 3.05) is 0 Å². The molecule has 0 saturated carbocycles. The minimum absolute atomic E-state index is 0.208. The highest BCUT2D eigenvalue weighted by atomic mass is 16.1. The van der Waals surface area contributed by atoms with Crippen molar-refractivity contribution in [3.63, 3.8) is 0 Å². The summed E-state index contributed by atoms with van der Waals surface area (Å²) < 4.78 is 1.34. The molecule has 5 nitrogen and oxygen atoms in total. The van der Waals surface area contributed by atoms with Gasteiger partial charge < -0.3 is 0 Å². The first kappa shape index (κ1) is 13.3. The van der Waals surface area contributed by atoms with Crippen LogP contribution in [0.25, 0.3) is 27.8 Å². The SMILES string of the molecule is Cc1ccc(-c2nc3c(C#N)c4ccccc4c(=O)n3[nH]2)cc1. The van der Waals surface area contributed by atoms with Gasteiger partial charge in [-0.1, -0.05) is 48.0 Å². The normalized spacial score (nSPS) is 11.0. The minimum atomic E-state index is -0.208. The van der Waals surface area contributed by atoms with Crippen molar-refractivity contribution in [2.45, 2.75) is 6.92 Å². The number of rotatable bonds is 1. The van der Waals surface area contributed by atoms with Gasteiger partial charge in [-0.25, -0.2) is 4.98 Å². The van der Waals surface area contributed by atoms with E-state index >= 15 is 0 Å². The molecule has 4 aromatic rings. The summed E-state index contributed by atoms with van der Waals surface area (Å²) in [6.45, 7) is 2.01. The molecule has 1 N–H and O–H groups in total. The minimum Gasteiger partial charge on any atom is -0.272 e. The Morgan fingerprint density at radius 3 is 2.48 bits per heavy atom. The van der Waals surface area contributed by atoms with Gasteiger partial charge in [0.25, 0.3) is 5.56 Å². The van der Waals surface area contributed by atoms with E-state index in [2.05, 4.69) is 16.2 Å². The van der Waals surface area contributed by atoms with E-state index in [0.29, 0.717) is 27.8 Å². The van der Waals surface area contributed by atoms with Crippen molar-refractivity contribution in [3.05, 3.63) is 70.0 Å². The summed E-state index contributed by atoms with van der Waals surface area (Å²) in [5, 5.41) is 13.7. The molecular weight excluding hydrogens is 288 g/mol. The smallest absolute Gasteiger partial charge is 0.272 e. The van der Waals surface area contributed by atoms with Crippen LogP contribution in [0.4, 0.5) is 0 Å². The number of nitriles is 1. The molecule has 0 saturated heterocycles. The third-order valence-corrected chi connectivity index (χ3v) is 3.94. The quantitative estimate of drug-likeness (QED) is 0.587. The number of nitrogens with one attached hydrogen (secondary N) is 1. The van der Waals surface area contributed by atoms with E-state index in [9.17, 15) is 10.1 Å². The second-order valence-electron chi connectivity index (χ2n) is 5.43. The molecule has 0 aliphatic heterocycles. The van der Waals surface area contributed by atoms with Crippen LogP contribution < -0.4 is 5.56 Å². The van der Waals surface area contributed by atoms with Gasteiger partial charge in [0.2, 0.25) is 0 Å². The Morgan fingerprint density at radius 2 is 1.78 bits per heavy atom. The Labute approximate surface area is 131 Å². The largest absolute Gasteiger partial charge is 0.279 e. The van der Waals surface area contributed by atoms with Gasteiger partial charge in [0.05, 0.1) is 5.39 Å². The lowest BCUT2D eigenvalue weighted by atomic mass is 10.1. The maximum atomic E-state index is 12.6. The van der Waals surface area contributed by atoms with Crippen LogP contribution in [0.5, 0.6) is 0 Å². The fourth-order valence-electron chi connectivity index (χ4n) is 2.73. The van der Waals surface area contributed by atoms with Crippen LogP contribution in [-0.4, -0.2) is 14.6 Å². The standard InChI is InChI=1S/C18H12N4O/c1-11-6-8-12(9-7-11)16-20-17-15(10-19)13-4-2-3-5-14(13)18(23)22(17)21-16/h2-9H,1H3,(H,20,21). The molecule has 0 aliphatic carbocycles. The Kier molecular flexibility index (Phi) is 2.78. The van der Waals surface area contributed by atoms with E-state index in [1.165, 1.54) is 4.52 Å². The fraction of sp³-hybridized carbons (Fsp3) is 0.0556. The monoisotopic (exact) mass is 300 g/mol. The third-order valence-electron chi connectivity index (χ3n) is 3.94. The van der Waals surface area contributed by atoms with Crippen LogP contribution >= 0.6 is 0 Å². The first-order valence-corrected chi connectivity index (χ1v) is 7.19. The molecule has 0 atom stereocenters. The molecule has 0 spiro atoms. The Bertz CT molecular complexity index is 1140. The van der Waals surface area contributed by atoms with Gasteiger partial charge in [-0.05, 0) is 13.0 Å². The summed E-state index contributed by atoms with van der Waals surface area (Å²) in [6, 6.07) is 17.1. The van der Waals surface area contributed by atoms with E-state index in [4.69, 9.17) is 0 Å². The topological polar surface area (TPSA) is 73.9 Å². The van der Waals surface area contributed by atoms with E-state index in [-0.39, 0.29) is 5.56 Å². The van der Waals surface area contributed by atoms with Gasteiger partial charge in [0.15, 0.2) is 11.5 Å². The number of H-pyrrole nitrogens is 1. The highest BCUT2D eigenvalue weighted by molar-refractivity contribution is 5.92. The van der Waals surface area contributed by atoms with Crippen molar-refractivity contribution in [2.24, 2.45) is 0 Å². The van der Waals surface area contributed by atoms with E-state index < -0.39 is 0 Å². The Balaban J connectivity index is 2.11. The molecule has 2 aromatic heterocycles. The van der Waals surface area contributed by atoms with Crippen molar-refractivity contribution < 1.29 is 0 Å². The number of pyridine rings is 1. The van der Waals surface area contributed by atoms with Gasteiger partial charge in [-0.3, -0.25) is 9.89 Å². The van der Waals surface area contributed by atoms with Crippen LogP contribution in [0, 0.1) is 18.3 Å². The van der Waals surface area contributed by atoms with E-state index in [1.54, 1.807) is 18.2 Å². The zero-order valence-corrected chi connectivity index (χ0v) is 12.4. The molecule has 2 aromatic carbocycles. The molecule has 23 heavy (non-hydrogen) atoms. The summed E-state index contributed by atoms with van der Waals surface area (Å²) in [4.78, 5) is 17.1. The average Bonchev–Trinajstić information content (AvgIpc) is 3.01. The lowest BCUT2D eigenvalue weighted by Gasteiger charge is -2.00. The molecule has 0 unspecified atom stereocenters. The van der Waals surface area contributed by atoms with Crippen molar-refractivity contribution in [1.82, 2.24) is 14.6 Å². The first-order valence-electron chi connectivity index (χ1n) is 7.19. The van der Waals surface area contributed by atoms with Gasteiger partial charge >= 0.3 is 0 Å². The van der Waals surface area contributed by atoms with Gasteiger partial charge in [-0.15, -0.1) is 0 Å². The molecule has 4 rings (SSSR count). The second-order valence-corrected chi connectivity index (χ2v) is 5.43. The van der Waals surface area contributed by atoms with Crippen LogP contribution in [0.3, 0.4) is 0 Å². The molecule has 0 bridgehead atoms. The summed E-state index contributed by atoms with van der Waals surface area (Å²) >= 11 is 0. The Hall–Kier alpha value is -3.39. The summed E-state index contributed by atoms with van der Waals surface area (Å²) in [5.41, 5.74) is 2.55. The fourth-order valence-corrected chi connectivity index (χ4v) is 2.73. The predicted octanol–water partition coefficient (Wildman–Crippen LogP) is 3.02. The number of aryl methyl sites for hydroxylation is 1. The molecule has 0 fully saturated rings. The maximum Gasteiger partial charge on any atom is 0.279 e. The second kappa shape index (κ2) is 4.82.